The Balaban J connectivity index is 0.00000113. The molecule has 0 fully saturated rings. The third-order valence-corrected chi connectivity index (χ3v) is 4.12. The number of alkyl halides is 1. The second kappa shape index (κ2) is 11.9. The molecule has 0 radical (unpaired) electrons. The first kappa shape index (κ1) is 25.1. The summed E-state index contributed by atoms with van der Waals surface area (Å²) in [5, 5.41) is 15.6. The van der Waals surface area contributed by atoms with Crippen LogP contribution in [0.5, 0.6) is 0 Å². The van der Waals surface area contributed by atoms with Crippen LogP contribution in [0.25, 0.3) is 16.9 Å². The number of anilines is 1. The van der Waals surface area contributed by atoms with Crippen LogP contribution in [0, 0.1) is 30.1 Å². The van der Waals surface area contributed by atoms with Crippen LogP contribution in [0.3, 0.4) is 0 Å². The van der Waals surface area contributed by atoms with Gasteiger partial charge in [0.15, 0.2) is 5.65 Å². The highest BCUT2D eigenvalue weighted by atomic mass is 19.1. The standard InChI is InChI=1S/C18H18FN7O.C2H6.C2H2/c1-10(2)14(19)8-24-18(27)12-6-22-16(3-15(12)21)13-7-25-26-9-11(4-20)5-23-17(13)26;2*1-2/h3,5-7,9-10,14H,8H2,1-2H3,(H2,21,22)(H,24,27);1-2H3;1-2H. The number of carbonyl (C=O) groups is 1. The topological polar surface area (TPSA) is 122 Å². The number of carbonyl (C=O) groups excluding carboxylic acids is 1. The summed E-state index contributed by atoms with van der Waals surface area (Å²) in [6.45, 7) is 7.40. The lowest BCUT2D eigenvalue weighted by Gasteiger charge is -2.13. The third-order valence-electron chi connectivity index (χ3n) is 4.12. The summed E-state index contributed by atoms with van der Waals surface area (Å²) in [6.07, 6.45) is 12.8. The summed E-state index contributed by atoms with van der Waals surface area (Å²) in [4.78, 5) is 20.7. The Bertz CT molecular complexity index is 1080. The van der Waals surface area contributed by atoms with E-state index in [2.05, 4.69) is 33.2 Å². The van der Waals surface area contributed by atoms with Crippen LogP contribution in [0.4, 0.5) is 10.1 Å². The Morgan fingerprint density at radius 1 is 1.29 bits per heavy atom. The molecule has 0 aromatic carbocycles. The van der Waals surface area contributed by atoms with Crippen molar-refractivity contribution < 1.29 is 9.18 Å². The molecule has 3 aromatic heterocycles. The zero-order valence-electron chi connectivity index (χ0n) is 18.0. The molecule has 1 atom stereocenters. The van der Waals surface area contributed by atoms with E-state index in [0.717, 1.165) is 0 Å². The molecule has 3 aromatic rings. The molecule has 1 unspecified atom stereocenters. The van der Waals surface area contributed by atoms with Gasteiger partial charge in [-0.25, -0.2) is 13.9 Å². The lowest BCUT2D eigenvalue weighted by molar-refractivity contribution is 0.0935. The Kier molecular flexibility index (Phi) is 9.61. The molecule has 8 nitrogen and oxygen atoms in total. The molecule has 0 aliphatic rings. The van der Waals surface area contributed by atoms with Gasteiger partial charge in [0.25, 0.3) is 5.91 Å². The normalized spacial score (nSPS) is 10.8. The zero-order chi connectivity index (χ0) is 23.6. The number of hydrogen-bond acceptors (Lipinski definition) is 6. The van der Waals surface area contributed by atoms with Gasteiger partial charge in [0.1, 0.15) is 12.2 Å². The Labute approximate surface area is 181 Å². The fourth-order valence-electron chi connectivity index (χ4n) is 2.44. The Morgan fingerprint density at radius 3 is 2.55 bits per heavy atom. The molecule has 0 aliphatic heterocycles. The number of nitrogens with two attached hydrogens (primary N) is 1. The molecule has 3 rings (SSSR count). The largest absolute Gasteiger partial charge is 0.398 e. The van der Waals surface area contributed by atoms with E-state index in [9.17, 15) is 9.18 Å². The van der Waals surface area contributed by atoms with E-state index in [-0.39, 0.29) is 23.7 Å². The lowest BCUT2D eigenvalue weighted by Crippen LogP contribution is -2.33. The van der Waals surface area contributed by atoms with Gasteiger partial charge in [-0.3, -0.25) is 9.78 Å². The number of pyridine rings is 1. The van der Waals surface area contributed by atoms with Crippen LogP contribution in [0.15, 0.2) is 30.9 Å². The van der Waals surface area contributed by atoms with Gasteiger partial charge >= 0.3 is 0 Å². The minimum atomic E-state index is -1.13. The van der Waals surface area contributed by atoms with Gasteiger partial charge in [-0.05, 0) is 12.0 Å². The third kappa shape index (κ3) is 6.00. The molecular weight excluding hydrogens is 397 g/mol. The molecule has 1 amide bonds. The van der Waals surface area contributed by atoms with Crippen molar-refractivity contribution >= 4 is 17.2 Å². The van der Waals surface area contributed by atoms with Crippen LogP contribution in [-0.4, -0.2) is 38.2 Å². The molecule has 9 heteroatoms. The van der Waals surface area contributed by atoms with Crippen molar-refractivity contribution in [2.75, 3.05) is 12.3 Å². The highest BCUT2D eigenvalue weighted by molar-refractivity contribution is 5.99. The number of hydrogen-bond donors (Lipinski definition) is 2. The first-order valence-corrected chi connectivity index (χ1v) is 9.65. The number of nitrogens with zero attached hydrogens (tertiary/aromatic N) is 5. The summed E-state index contributed by atoms with van der Waals surface area (Å²) in [5.74, 6) is -0.667. The zero-order valence-corrected chi connectivity index (χ0v) is 18.0. The number of nitriles is 1. The molecule has 0 spiro atoms. The van der Waals surface area contributed by atoms with Crippen LogP contribution >= 0.6 is 0 Å². The molecule has 0 saturated heterocycles. The van der Waals surface area contributed by atoms with Crippen molar-refractivity contribution in [2.24, 2.45) is 5.92 Å². The molecule has 0 aliphatic carbocycles. The minimum Gasteiger partial charge on any atom is -0.398 e. The minimum absolute atomic E-state index is 0.0864. The van der Waals surface area contributed by atoms with Gasteiger partial charge in [0, 0.05) is 24.6 Å². The number of rotatable bonds is 5. The average Bonchev–Trinajstić information content (AvgIpc) is 3.22. The number of halogens is 1. The van der Waals surface area contributed by atoms with Crippen LogP contribution in [0.1, 0.15) is 43.6 Å². The summed E-state index contributed by atoms with van der Waals surface area (Å²) in [5.41, 5.74) is 8.37. The number of nitrogen functional groups attached to an aromatic ring is 1. The maximum Gasteiger partial charge on any atom is 0.255 e. The van der Waals surface area contributed by atoms with Crippen LogP contribution in [0.2, 0.25) is 0 Å². The monoisotopic (exact) mass is 423 g/mol. The fourth-order valence-corrected chi connectivity index (χ4v) is 2.44. The van der Waals surface area contributed by atoms with E-state index in [1.54, 1.807) is 32.3 Å². The fraction of sp³-hybridized carbons (Fsp3) is 0.318. The Morgan fingerprint density at radius 2 is 1.97 bits per heavy atom. The highest BCUT2D eigenvalue weighted by Crippen LogP contribution is 2.24. The smallest absolute Gasteiger partial charge is 0.255 e. The Hall–Kier alpha value is -3.98. The predicted octanol–water partition coefficient (Wildman–Crippen LogP) is 3.24. The summed E-state index contributed by atoms with van der Waals surface area (Å²) < 4.78 is 15.1. The molecule has 3 N–H and O–H groups in total. The van der Waals surface area contributed by atoms with Crippen molar-refractivity contribution in [1.29, 1.82) is 5.26 Å². The number of fused-ring (bicyclic) bond motifs is 1. The van der Waals surface area contributed by atoms with Crippen LogP contribution in [-0.2, 0) is 0 Å². The molecule has 3 heterocycles. The molecule has 31 heavy (non-hydrogen) atoms. The molecule has 0 bridgehead atoms. The SMILES string of the molecule is C#C.CC.CC(C)C(F)CNC(=O)c1cnc(-c2cnn3cc(C#N)cnc23)cc1N. The first-order valence-electron chi connectivity index (χ1n) is 9.65. The average molecular weight is 423 g/mol. The van der Waals surface area contributed by atoms with Gasteiger partial charge in [-0.1, -0.05) is 27.7 Å². The van der Waals surface area contributed by atoms with Gasteiger partial charge in [-0.15, -0.1) is 12.8 Å². The number of terminal acetylenes is 1. The van der Waals surface area contributed by atoms with Crippen LogP contribution < -0.4 is 11.1 Å². The summed E-state index contributed by atoms with van der Waals surface area (Å²) >= 11 is 0. The van der Waals surface area contributed by atoms with Crippen molar-refractivity contribution in [3.8, 4) is 30.2 Å². The van der Waals surface area contributed by atoms with Crippen molar-refractivity contribution in [2.45, 2.75) is 33.9 Å². The predicted molar refractivity (Wildman–Crippen MR) is 119 cm³/mol. The summed E-state index contributed by atoms with van der Waals surface area (Å²) in [7, 11) is 0. The highest BCUT2D eigenvalue weighted by Gasteiger charge is 2.17. The van der Waals surface area contributed by atoms with E-state index in [0.29, 0.717) is 22.5 Å². The van der Waals surface area contributed by atoms with E-state index in [1.165, 1.54) is 16.9 Å². The van der Waals surface area contributed by atoms with E-state index >= 15 is 0 Å². The van der Waals surface area contributed by atoms with Gasteiger partial charge < -0.3 is 11.1 Å². The van der Waals surface area contributed by atoms with E-state index in [1.807, 2.05) is 19.9 Å². The number of amides is 1. The maximum atomic E-state index is 13.7. The van der Waals surface area contributed by atoms with Gasteiger partial charge in [-0.2, -0.15) is 10.4 Å². The van der Waals surface area contributed by atoms with Gasteiger partial charge in [0.2, 0.25) is 0 Å². The van der Waals surface area contributed by atoms with Gasteiger partial charge in [0.05, 0.1) is 34.8 Å². The molecular formula is C22H26FN7O. The van der Waals surface area contributed by atoms with Crippen molar-refractivity contribution in [1.82, 2.24) is 24.9 Å². The molecule has 0 saturated carbocycles. The van der Waals surface area contributed by atoms with E-state index in [4.69, 9.17) is 11.0 Å². The van der Waals surface area contributed by atoms with E-state index < -0.39 is 12.1 Å². The second-order valence-corrected chi connectivity index (χ2v) is 6.41. The van der Waals surface area contributed by atoms with Crippen molar-refractivity contribution in [3.05, 3.63) is 42.0 Å². The van der Waals surface area contributed by atoms with Crippen molar-refractivity contribution in [3.63, 3.8) is 0 Å². The number of nitrogens with one attached hydrogen (secondary N) is 1. The number of aromatic nitrogens is 4. The molecule has 162 valence electrons. The first-order chi connectivity index (χ1) is 14.9. The maximum absolute atomic E-state index is 13.7. The second-order valence-electron chi connectivity index (χ2n) is 6.41. The quantitative estimate of drug-likeness (QED) is 0.608. The lowest BCUT2D eigenvalue weighted by atomic mass is 10.1. The summed E-state index contributed by atoms with van der Waals surface area (Å²) in [6, 6.07) is 3.54.